The van der Waals surface area contributed by atoms with Gasteiger partial charge in [-0.2, -0.15) is 0 Å². The van der Waals surface area contributed by atoms with Crippen molar-refractivity contribution in [2.24, 2.45) is 11.3 Å². The first-order valence-corrected chi connectivity index (χ1v) is 12.2. The molecule has 188 valence electrons. The van der Waals surface area contributed by atoms with Crippen LogP contribution in [-0.4, -0.2) is 54.2 Å². The third-order valence-corrected chi connectivity index (χ3v) is 6.33. The summed E-state index contributed by atoms with van der Waals surface area (Å²) in [7, 11) is 0. The van der Waals surface area contributed by atoms with Gasteiger partial charge in [0, 0.05) is 25.6 Å². The molecular formula is C28H36N2O5. The summed E-state index contributed by atoms with van der Waals surface area (Å²) < 4.78 is 5.61. The van der Waals surface area contributed by atoms with E-state index < -0.39 is 18.0 Å². The zero-order valence-electron chi connectivity index (χ0n) is 21.0. The summed E-state index contributed by atoms with van der Waals surface area (Å²) in [5.74, 6) is -1.60. The number of benzene rings is 2. The zero-order valence-corrected chi connectivity index (χ0v) is 21.0. The molecule has 1 aliphatic carbocycles. The van der Waals surface area contributed by atoms with Crippen molar-refractivity contribution in [2.45, 2.75) is 46.5 Å². The van der Waals surface area contributed by atoms with Crippen molar-refractivity contribution in [3.05, 3.63) is 59.7 Å². The fourth-order valence-corrected chi connectivity index (χ4v) is 4.75. The molecule has 35 heavy (non-hydrogen) atoms. The van der Waals surface area contributed by atoms with E-state index in [1.807, 2.05) is 52.0 Å². The van der Waals surface area contributed by atoms with Crippen LogP contribution in [0.4, 0.5) is 4.79 Å². The van der Waals surface area contributed by atoms with Crippen molar-refractivity contribution in [3.8, 4) is 11.1 Å². The van der Waals surface area contributed by atoms with Crippen LogP contribution in [0.1, 0.15) is 57.6 Å². The molecule has 2 aromatic carbocycles. The number of hydrogen-bond acceptors (Lipinski definition) is 4. The van der Waals surface area contributed by atoms with Crippen molar-refractivity contribution < 1.29 is 24.2 Å². The van der Waals surface area contributed by atoms with Crippen LogP contribution in [-0.2, 0) is 14.3 Å². The van der Waals surface area contributed by atoms with E-state index in [9.17, 15) is 14.4 Å². The highest BCUT2D eigenvalue weighted by molar-refractivity contribution is 5.81. The van der Waals surface area contributed by atoms with E-state index in [4.69, 9.17) is 9.84 Å². The number of ether oxygens (including phenoxy) is 1. The van der Waals surface area contributed by atoms with Gasteiger partial charge in [-0.05, 0) is 41.0 Å². The molecule has 7 nitrogen and oxygen atoms in total. The molecule has 1 aliphatic rings. The minimum absolute atomic E-state index is 0.0354. The summed E-state index contributed by atoms with van der Waals surface area (Å²) in [5, 5.41) is 11.8. The second-order valence-corrected chi connectivity index (χ2v) is 10.2. The summed E-state index contributed by atoms with van der Waals surface area (Å²) in [6.07, 6.45) is -0.118. The van der Waals surface area contributed by atoms with Crippen LogP contribution < -0.4 is 5.32 Å². The Hall–Kier alpha value is -3.35. The van der Waals surface area contributed by atoms with Crippen LogP contribution in [0.3, 0.4) is 0 Å². The number of rotatable bonds is 10. The Kier molecular flexibility index (Phi) is 8.54. The van der Waals surface area contributed by atoms with Gasteiger partial charge in [-0.3, -0.25) is 9.59 Å². The highest BCUT2D eigenvalue weighted by Gasteiger charge is 2.31. The van der Waals surface area contributed by atoms with Crippen molar-refractivity contribution in [2.75, 3.05) is 26.2 Å². The predicted molar refractivity (Wildman–Crippen MR) is 135 cm³/mol. The van der Waals surface area contributed by atoms with E-state index >= 15 is 0 Å². The number of aliphatic carboxylic acids is 1. The van der Waals surface area contributed by atoms with Crippen LogP contribution >= 0.6 is 0 Å². The van der Waals surface area contributed by atoms with Crippen LogP contribution in [0, 0.1) is 11.3 Å². The summed E-state index contributed by atoms with van der Waals surface area (Å²) in [6.45, 7) is 8.84. The number of hydrogen-bond donors (Lipinski definition) is 2. The number of nitrogens with one attached hydrogen (secondary N) is 1. The largest absolute Gasteiger partial charge is 0.481 e. The number of fused-ring (bicyclic) bond motifs is 3. The summed E-state index contributed by atoms with van der Waals surface area (Å²) in [6, 6.07) is 16.3. The number of carbonyl (C=O) groups is 3. The third kappa shape index (κ3) is 6.84. The lowest BCUT2D eigenvalue weighted by Crippen LogP contribution is -2.43. The molecule has 0 aliphatic heterocycles. The van der Waals surface area contributed by atoms with E-state index in [-0.39, 0.29) is 43.4 Å². The lowest BCUT2D eigenvalue weighted by atomic mass is 9.84. The molecule has 1 unspecified atom stereocenters. The van der Waals surface area contributed by atoms with Crippen molar-refractivity contribution in [1.82, 2.24) is 10.2 Å². The molecule has 1 atom stereocenters. The molecule has 7 heteroatoms. The third-order valence-electron chi connectivity index (χ3n) is 6.33. The van der Waals surface area contributed by atoms with Gasteiger partial charge in [-0.25, -0.2) is 4.79 Å². The minimum atomic E-state index is -0.944. The van der Waals surface area contributed by atoms with E-state index in [1.165, 1.54) is 0 Å². The molecule has 0 heterocycles. The van der Waals surface area contributed by atoms with Crippen molar-refractivity contribution in [3.63, 3.8) is 0 Å². The number of carboxylic acid groups (broad SMARTS) is 1. The average Bonchev–Trinajstić information content (AvgIpc) is 3.13. The zero-order chi connectivity index (χ0) is 25.6. The smallest absolute Gasteiger partial charge is 0.407 e. The summed E-state index contributed by atoms with van der Waals surface area (Å²) >= 11 is 0. The first-order valence-electron chi connectivity index (χ1n) is 12.2. The Morgan fingerprint density at radius 3 is 2.11 bits per heavy atom. The second kappa shape index (κ2) is 11.4. The number of carboxylic acids is 1. The Balaban J connectivity index is 1.63. The van der Waals surface area contributed by atoms with Gasteiger partial charge in [0.1, 0.15) is 6.61 Å². The lowest BCUT2D eigenvalue weighted by Gasteiger charge is -2.30. The Labute approximate surface area is 207 Å². The standard InChI is InChI=1S/C28H36N2O5/c1-5-30(15-14-25(31)32)26(33)19(16-28(2,3)4)17-29-27(34)35-18-24-22-12-8-6-10-20(22)21-11-7-9-13-23(21)24/h6-13,19,24H,5,14-18H2,1-4H3,(H,29,34)(H,31,32). The molecule has 3 rings (SSSR count). The van der Waals surface area contributed by atoms with Crippen LogP contribution in [0.25, 0.3) is 11.1 Å². The Bertz CT molecular complexity index is 1010. The van der Waals surface area contributed by atoms with Crippen LogP contribution in [0.2, 0.25) is 0 Å². The number of amides is 2. The fraction of sp³-hybridized carbons (Fsp3) is 0.464. The van der Waals surface area contributed by atoms with Gasteiger partial charge in [-0.15, -0.1) is 0 Å². The summed E-state index contributed by atoms with van der Waals surface area (Å²) in [4.78, 5) is 38.3. The molecule has 0 aromatic heterocycles. The van der Waals surface area contributed by atoms with Crippen LogP contribution in [0.5, 0.6) is 0 Å². The van der Waals surface area contributed by atoms with Gasteiger partial charge in [-0.1, -0.05) is 69.3 Å². The highest BCUT2D eigenvalue weighted by Crippen LogP contribution is 2.44. The van der Waals surface area contributed by atoms with Crippen LogP contribution in [0.15, 0.2) is 48.5 Å². The minimum Gasteiger partial charge on any atom is -0.481 e. The molecule has 0 saturated heterocycles. The SMILES string of the molecule is CCN(CCC(=O)O)C(=O)C(CNC(=O)OCC1c2ccccc2-c2ccccc21)CC(C)(C)C. The quantitative estimate of drug-likeness (QED) is 0.504. The van der Waals surface area contributed by atoms with Crippen molar-refractivity contribution >= 4 is 18.0 Å². The maximum absolute atomic E-state index is 13.2. The van der Waals surface area contributed by atoms with E-state index in [0.29, 0.717) is 13.0 Å². The molecule has 0 fully saturated rings. The fourth-order valence-electron chi connectivity index (χ4n) is 4.75. The average molecular weight is 481 g/mol. The van der Waals surface area contributed by atoms with E-state index in [2.05, 4.69) is 29.6 Å². The normalized spacial score (nSPS) is 13.5. The second-order valence-electron chi connectivity index (χ2n) is 10.2. The Morgan fingerprint density at radius 2 is 1.60 bits per heavy atom. The van der Waals surface area contributed by atoms with Gasteiger partial charge in [0.2, 0.25) is 5.91 Å². The maximum atomic E-state index is 13.2. The number of alkyl carbamates (subject to hydrolysis) is 1. The first-order chi connectivity index (χ1) is 16.6. The molecular weight excluding hydrogens is 444 g/mol. The highest BCUT2D eigenvalue weighted by atomic mass is 16.5. The van der Waals surface area contributed by atoms with Gasteiger partial charge in [0.05, 0.1) is 12.3 Å². The van der Waals surface area contributed by atoms with Crippen molar-refractivity contribution in [1.29, 1.82) is 0 Å². The maximum Gasteiger partial charge on any atom is 0.407 e. The van der Waals surface area contributed by atoms with E-state index in [1.54, 1.807) is 4.90 Å². The molecule has 2 amide bonds. The summed E-state index contributed by atoms with van der Waals surface area (Å²) in [5.41, 5.74) is 4.46. The molecule has 0 radical (unpaired) electrons. The number of nitrogens with zero attached hydrogens (tertiary/aromatic N) is 1. The van der Waals surface area contributed by atoms with Gasteiger partial charge in [0.25, 0.3) is 0 Å². The Morgan fingerprint density at radius 1 is 1.03 bits per heavy atom. The van der Waals surface area contributed by atoms with Gasteiger partial charge in [0.15, 0.2) is 0 Å². The monoisotopic (exact) mass is 480 g/mol. The molecule has 0 spiro atoms. The molecule has 2 N–H and O–H groups in total. The van der Waals surface area contributed by atoms with Gasteiger partial charge >= 0.3 is 12.1 Å². The number of carbonyl (C=O) groups excluding carboxylic acids is 2. The lowest BCUT2D eigenvalue weighted by molar-refractivity contribution is -0.140. The molecule has 0 bridgehead atoms. The topological polar surface area (TPSA) is 95.9 Å². The molecule has 0 saturated carbocycles. The van der Waals surface area contributed by atoms with E-state index in [0.717, 1.165) is 22.3 Å². The predicted octanol–water partition coefficient (Wildman–Crippen LogP) is 4.90. The first kappa shape index (κ1) is 26.3. The van der Waals surface area contributed by atoms with Gasteiger partial charge < -0.3 is 20.1 Å². The molecule has 2 aromatic rings.